The van der Waals surface area contributed by atoms with Gasteiger partial charge in [0.2, 0.25) is 5.91 Å². The van der Waals surface area contributed by atoms with E-state index in [0.717, 1.165) is 46.8 Å². The van der Waals surface area contributed by atoms with Crippen LogP contribution in [0.5, 0.6) is 0 Å². The van der Waals surface area contributed by atoms with E-state index in [1.165, 1.54) is 19.2 Å². The zero-order valence-electron chi connectivity index (χ0n) is 35.0. The van der Waals surface area contributed by atoms with Gasteiger partial charge in [-0.3, -0.25) is 38.6 Å². The maximum atomic E-state index is 14.6. The van der Waals surface area contributed by atoms with Gasteiger partial charge in [0, 0.05) is 30.3 Å². The van der Waals surface area contributed by atoms with Crippen LogP contribution in [0, 0.1) is 21.0 Å². The molecule has 3 aromatic carbocycles. The number of likely N-dealkylation sites (N-methyl/N-ethyl adjacent to an activating group) is 1. The molecule has 15 nitrogen and oxygen atoms in total. The van der Waals surface area contributed by atoms with E-state index in [-0.39, 0.29) is 47.7 Å². The van der Waals surface area contributed by atoms with Crippen molar-refractivity contribution in [1.29, 1.82) is 0 Å². The number of likely N-dealkylation sites (tertiary alicyclic amines) is 1. The maximum Gasteiger partial charge on any atom is 0.277 e. The summed E-state index contributed by atoms with van der Waals surface area (Å²) in [6.07, 6.45) is 4.73. The Balaban J connectivity index is 0.784. The summed E-state index contributed by atoms with van der Waals surface area (Å²) in [6, 6.07) is 10.2. The monoisotopic (exact) mass is 996 g/mol. The molecular formula is C44H52F3IN4O11. The van der Waals surface area contributed by atoms with Crippen LogP contribution in [-0.4, -0.2) is 125 Å². The quantitative estimate of drug-likeness (QED) is 0.0370. The normalized spacial score (nSPS) is 15.1. The van der Waals surface area contributed by atoms with E-state index < -0.39 is 52.8 Å². The number of carbonyl (C=O) groups is 5. The molecule has 19 heteroatoms. The molecule has 0 radical (unpaired) electrons. The Morgan fingerprint density at radius 3 is 1.95 bits per heavy atom. The first-order valence-electron chi connectivity index (χ1n) is 20.8. The van der Waals surface area contributed by atoms with Crippen molar-refractivity contribution in [2.75, 3.05) is 85.0 Å². The number of halogens is 4. The molecule has 3 aromatic rings. The molecule has 0 aliphatic carbocycles. The van der Waals surface area contributed by atoms with Crippen molar-refractivity contribution in [2.24, 2.45) is 0 Å². The van der Waals surface area contributed by atoms with Gasteiger partial charge in [-0.15, -0.1) is 0 Å². The molecule has 0 saturated carbocycles. The smallest absolute Gasteiger partial charge is 0.277 e. The van der Waals surface area contributed by atoms with Crippen LogP contribution in [-0.2, 0) is 44.5 Å². The number of rotatable bonds is 28. The minimum absolute atomic E-state index is 0.0960. The molecular weight excluding hydrogens is 944 g/mol. The van der Waals surface area contributed by atoms with Crippen molar-refractivity contribution in [3.05, 3.63) is 91.8 Å². The summed E-state index contributed by atoms with van der Waals surface area (Å²) in [4.78, 5) is 70.4. The van der Waals surface area contributed by atoms with Gasteiger partial charge in [0.15, 0.2) is 11.6 Å². The second-order valence-corrected chi connectivity index (χ2v) is 15.8. The molecule has 1 unspecified atom stereocenters. The predicted molar refractivity (Wildman–Crippen MR) is 231 cm³/mol. The van der Waals surface area contributed by atoms with Crippen molar-refractivity contribution in [1.82, 2.24) is 15.3 Å². The third-order valence-corrected chi connectivity index (χ3v) is 10.8. The summed E-state index contributed by atoms with van der Waals surface area (Å²) in [5.41, 5.74) is 2.79. The molecule has 5 amide bonds. The minimum atomic E-state index is -1.31. The molecule has 0 aromatic heterocycles. The summed E-state index contributed by atoms with van der Waals surface area (Å²) in [5.74, 6) is -5.89. The summed E-state index contributed by atoms with van der Waals surface area (Å²) in [7, 11) is 1.36. The third kappa shape index (κ3) is 14.5. The van der Waals surface area contributed by atoms with Crippen LogP contribution >= 0.6 is 22.6 Å². The molecule has 63 heavy (non-hydrogen) atoms. The zero-order valence-corrected chi connectivity index (χ0v) is 37.2. The van der Waals surface area contributed by atoms with Gasteiger partial charge < -0.3 is 29.0 Å². The van der Waals surface area contributed by atoms with E-state index in [1.807, 2.05) is 22.6 Å². The molecule has 0 bridgehead atoms. The number of carbonyl (C=O) groups excluding carboxylic acids is 5. The Kier molecular flexibility index (Phi) is 20.2. The number of hydrogen-bond donors (Lipinski definition) is 2. The highest BCUT2D eigenvalue weighted by atomic mass is 127. The lowest BCUT2D eigenvalue weighted by atomic mass is 10.0. The van der Waals surface area contributed by atoms with E-state index in [0.29, 0.717) is 88.9 Å². The number of hydroxylamine groups is 1. The van der Waals surface area contributed by atoms with Crippen LogP contribution in [0.4, 0.5) is 24.5 Å². The molecule has 5 rings (SSSR count). The number of aryl methyl sites for hydroxylation is 1. The van der Waals surface area contributed by atoms with E-state index in [1.54, 1.807) is 24.3 Å². The fourth-order valence-electron chi connectivity index (χ4n) is 6.73. The van der Waals surface area contributed by atoms with Gasteiger partial charge in [0.25, 0.3) is 23.6 Å². The van der Waals surface area contributed by atoms with Crippen LogP contribution in [0.2, 0.25) is 0 Å². The molecule has 342 valence electrons. The molecule has 2 aliphatic heterocycles. The third-order valence-electron chi connectivity index (χ3n) is 10.1. The van der Waals surface area contributed by atoms with Crippen molar-refractivity contribution in [3.8, 4) is 0 Å². The van der Waals surface area contributed by atoms with Crippen molar-refractivity contribution < 1.29 is 65.7 Å². The zero-order chi connectivity index (χ0) is 45.1. The molecule has 2 heterocycles. The number of anilines is 2. The Labute approximate surface area is 377 Å². The van der Waals surface area contributed by atoms with Crippen molar-refractivity contribution in [2.45, 2.75) is 57.4 Å². The van der Waals surface area contributed by atoms with Gasteiger partial charge >= 0.3 is 0 Å². The summed E-state index contributed by atoms with van der Waals surface area (Å²) < 4.78 is 71.3. The Bertz CT molecular complexity index is 2060. The topological polar surface area (TPSA) is 171 Å². The van der Waals surface area contributed by atoms with Crippen molar-refractivity contribution >= 4 is 63.5 Å². The van der Waals surface area contributed by atoms with E-state index in [9.17, 15) is 37.1 Å². The Morgan fingerprint density at radius 2 is 1.30 bits per heavy atom. The highest BCUT2D eigenvalue weighted by molar-refractivity contribution is 14.1. The lowest BCUT2D eigenvalue weighted by Crippen LogP contribution is -2.54. The number of amides is 5. The van der Waals surface area contributed by atoms with Crippen LogP contribution in [0.25, 0.3) is 0 Å². The fraction of sp³-hybridized carbons (Fsp3) is 0.477. The minimum Gasteiger partial charge on any atom is -0.379 e. The van der Waals surface area contributed by atoms with Gasteiger partial charge in [-0.2, -0.15) is 0 Å². The van der Waals surface area contributed by atoms with Gasteiger partial charge in [-0.1, -0.05) is 18.9 Å². The average molecular weight is 997 g/mol. The molecule has 1 saturated heterocycles. The number of nitrogens with zero attached hydrogens (tertiary/aromatic N) is 2. The average Bonchev–Trinajstić information content (AvgIpc) is 3.51. The summed E-state index contributed by atoms with van der Waals surface area (Å²) in [6.45, 7) is 4.66. The number of unbranched alkanes of at least 4 members (excludes halogenated alkanes) is 3. The van der Waals surface area contributed by atoms with Crippen LogP contribution < -0.4 is 10.8 Å². The molecule has 0 spiro atoms. The number of fused-ring (bicyclic) bond motifs is 1. The second-order valence-electron chi connectivity index (χ2n) is 14.6. The summed E-state index contributed by atoms with van der Waals surface area (Å²) in [5, 5.41) is 2.48. The van der Waals surface area contributed by atoms with Crippen LogP contribution in [0.3, 0.4) is 0 Å². The Hall–Kier alpha value is -4.51. The van der Waals surface area contributed by atoms with Gasteiger partial charge in [0.05, 0.1) is 87.5 Å². The van der Waals surface area contributed by atoms with Crippen LogP contribution in [0.15, 0.2) is 48.5 Å². The van der Waals surface area contributed by atoms with E-state index in [2.05, 4.69) is 10.8 Å². The predicted octanol–water partition coefficient (Wildman–Crippen LogP) is 6.13. The molecule has 2 aliphatic rings. The molecule has 2 N–H and O–H groups in total. The number of piperidine rings is 1. The standard InChI is InChI=1S/C44H52F3IN4O11/c1-51-38(53)15-14-37(44(51)57)52-42(55)31-10-8-29(27-33(31)43(52)56)7-6-17-59-20-22-61-24-26-62-25-23-60-21-19-58-16-4-2-3-5-18-63-50-41(54)32-11-12-34(45)39(47)40(32)49-36-13-9-30(48)28-35(36)46/h8-13,27-28,37,49H,2-7,14-26H2,1H3,(H,50,54). The summed E-state index contributed by atoms with van der Waals surface area (Å²) >= 11 is 1.92. The largest absolute Gasteiger partial charge is 0.379 e. The molecule has 1 atom stereocenters. The first-order valence-corrected chi connectivity index (χ1v) is 21.9. The first-order chi connectivity index (χ1) is 30.5. The SMILES string of the molecule is CN1C(=O)CCC(N2C(=O)c3ccc(CCCOCCOCCOCCOCCOCCCCCCONC(=O)c4ccc(F)c(F)c4Nc4ccc(I)cc4F)cc3C2=O)C1=O. The Morgan fingerprint density at radius 1 is 0.698 bits per heavy atom. The molecule has 1 fully saturated rings. The number of imide groups is 2. The first kappa shape index (κ1) is 49.5. The van der Waals surface area contributed by atoms with Gasteiger partial charge in [0.1, 0.15) is 11.9 Å². The highest BCUT2D eigenvalue weighted by Gasteiger charge is 2.46. The van der Waals surface area contributed by atoms with E-state index in [4.69, 9.17) is 28.5 Å². The fourth-order valence-corrected chi connectivity index (χ4v) is 7.19. The van der Waals surface area contributed by atoms with Crippen LogP contribution in [0.1, 0.15) is 81.6 Å². The van der Waals surface area contributed by atoms with E-state index >= 15 is 0 Å². The van der Waals surface area contributed by atoms with Gasteiger partial charge in [-0.05, 0) is 103 Å². The van der Waals surface area contributed by atoms with Gasteiger partial charge in [-0.25, -0.2) is 18.7 Å². The number of ether oxygens (including phenoxy) is 5. The van der Waals surface area contributed by atoms with Crippen molar-refractivity contribution in [3.63, 3.8) is 0 Å². The maximum absolute atomic E-state index is 14.6. The highest BCUT2D eigenvalue weighted by Crippen LogP contribution is 2.31. The lowest BCUT2D eigenvalue weighted by molar-refractivity contribution is -0.149. The number of hydrogen-bond acceptors (Lipinski definition) is 12. The number of nitrogens with one attached hydrogen (secondary N) is 2. The number of benzene rings is 3. The lowest BCUT2D eigenvalue weighted by Gasteiger charge is -2.32. The second kappa shape index (κ2) is 25.7.